The van der Waals surface area contributed by atoms with Crippen molar-refractivity contribution in [3.63, 3.8) is 0 Å². The monoisotopic (exact) mass is 336 g/mol. The van der Waals surface area contributed by atoms with E-state index in [9.17, 15) is 10.2 Å². The average Bonchev–Trinajstić information content (AvgIpc) is 2.53. The Hall–Kier alpha value is -1.30. The van der Waals surface area contributed by atoms with E-state index in [0.29, 0.717) is 24.3 Å². The summed E-state index contributed by atoms with van der Waals surface area (Å²) in [5, 5.41) is 19.2. The van der Waals surface area contributed by atoms with Crippen LogP contribution in [0.1, 0.15) is 32.8 Å². The number of rotatable bonds is 8. The van der Waals surface area contributed by atoms with E-state index in [1.807, 2.05) is 19.1 Å². The first-order chi connectivity index (χ1) is 11.5. The molecule has 1 atom stereocenters. The number of phenolic OH excluding ortho intramolecular Hbond substituents is 1. The minimum Gasteiger partial charge on any atom is -0.504 e. The molecule has 0 bridgehead atoms. The second kappa shape index (κ2) is 9.25. The highest BCUT2D eigenvalue weighted by Gasteiger charge is 2.27. The Morgan fingerprint density at radius 1 is 1.29 bits per heavy atom. The number of aliphatic hydroxyl groups excluding tert-OH is 1. The van der Waals surface area contributed by atoms with Crippen molar-refractivity contribution in [2.24, 2.45) is 5.92 Å². The zero-order valence-corrected chi connectivity index (χ0v) is 15.2. The molecule has 0 spiro atoms. The van der Waals surface area contributed by atoms with E-state index in [4.69, 9.17) is 4.74 Å². The number of phenols is 1. The summed E-state index contributed by atoms with van der Waals surface area (Å²) in [5.74, 6) is 1.39. The lowest BCUT2D eigenvalue weighted by Crippen LogP contribution is -2.53. The summed E-state index contributed by atoms with van der Waals surface area (Å²) in [6.07, 6.45) is 0.822. The Labute approximate surface area is 145 Å². The Morgan fingerprint density at radius 3 is 2.75 bits per heavy atom. The van der Waals surface area contributed by atoms with Crippen LogP contribution in [-0.4, -0.2) is 65.4 Å². The van der Waals surface area contributed by atoms with Gasteiger partial charge in [0, 0.05) is 45.4 Å². The van der Waals surface area contributed by atoms with Gasteiger partial charge in [0.05, 0.1) is 6.61 Å². The topological polar surface area (TPSA) is 56.2 Å². The smallest absolute Gasteiger partial charge is 0.161 e. The molecule has 0 unspecified atom stereocenters. The minimum atomic E-state index is 0.195. The molecule has 5 heteroatoms. The quantitative estimate of drug-likeness (QED) is 0.763. The maximum Gasteiger partial charge on any atom is 0.161 e. The Bertz CT molecular complexity index is 507. The van der Waals surface area contributed by atoms with Crippen LogP contribution in [0.2, 0.25) is 0 Å². The van der Waals surface area contributed by atoms with Gasteiger partial charge in [0.1, 0.15) is 0 Å². The summed E-state index contributed by atoms with van der Waals surface area (Å²) >= 11 is 0. The second-order valence-corrected chi connectivity index (χ2v) is 7.03. The van der Waals surface area contributed by atoms with Gasteiger partial charge in [-0.1, -0.05) is 19.9 Å². The fraction of sp³-hybridized carbons (Fsp3) is 0.684. The SMILES string of the molecule is CCOc1cc(CN2CCN(CC(C)C)[C@@H](CCO)C2)ccc1O. The van der Waals surface area contributed by atoms with Gasteiger partial charge in [-0.15, -0.1) is 0 Å². The molecular weight excluding hydrogens is 304 g/mol. The second-order valence-electron chi connectivity index (χ2n) is 7.03. The van der Waals surface area contributed by atoms with Gasteiger partial charge in [-0.05, 0) is 37.0 Å². The molecule has 2 N–H and O–H groups in total. The van der Waals surface area contributed by atoms with Gasteiger partial charge in [0.25, 0.3) is 0 Å². The predicted octanol–water partition coefficient (Wildman–Crippen LogP) is 2.32. The molecule has 1 heterocycles. The zero-order chi connectivity index (χ0) is 17.5. The Morgan fingerprint density at radius 2 is 2.08 bits per heavy atom. The van der Waals surface area contributed by atoms with Gasteiger partial charge < -0.3 is 14.9 Å². The lowest BCUT2D eigenvalue weighted by molar-refractivity contribution is 0.0476. The van der Waals surface area contributed by atoms with Gasteiger partial charge in [-0.2, -0.15) is 0 Å². The fourth-order valence-corrected chi connectivity index (χ4v) is 3.42. The van der Waals surface area contributed by atoms with E-state index >= 15 is 0 Å². The molecule has 1 aliphatic heterocycles. The molecule has 0 amide bonds. The molecule has 0 aliphatic carbocycles. The first kappa shape index (κ1) is 19.0. The van der Waals surface area contributed by atoms with Crippen molar-refractivity contribution in [1.29, 1.82) is 0 Å². The molecule has 5 nitrogen and oxygen atoms in total. The largest absolute Gasteiger partial charge is 0.504 e. The molecule has 0 saturated carbocycles. The summed E-state index contributed by atoms with van der Waals surface area (Å²) < 4.78 is 5.48. The number of nitrogens with zero attached hydrogens (tertiary/aromatic N) is 2. The van der Waals surface area contributed by atoms with Crippen LogP contribution in [-0.2, 0) is 6.54 Å². The highest BCUT2D eigenvalue weighted by atomic mass is 16.5. The third kappa shape index (κ3) is 5.36. The standard InChI is InChI=1S/C19H32N2O3/c1-4-24-19-11-16(5-6-18(19)23)13-20-8-9-21(12-15(2)3)17(14-20)7-10-22/h5-6,11,15,17,22-23H,4,7-10,12-14H2,1-3H3/t17-/m0/s1. The van der Waals surface area contributed by atoms with Gasteiger partial charge in [0.15, 0.2) is 11.5 Å². The van der Waals surface area contributed by atoms with Crippen molar-refractivity contribution in [3.8, 4) is 11.5 Å². The molecule has 136 valence electrons. The Kier molecular flexibility index (Phi) is 7.34. The lowest BCUT2D eigenvalue weighted by Gasteiger charge is -2.42. The Balaban J connectivity index is 1.99. The van der Waals surface area contributed by atoms with Crippen LogP contribution in [0.5, 0.6) is 11.5 Å². The van der Waals surface area contributed by atoms with Crippen LogP contribution < -0.4 is 4.74 Å². The van der Waals surface area contributed by atoms with Crippen molar-refractivity contribution in [2.75, 3.05) is 39.4 Å². The van der Waals surface area contributed by atoms with Crippen molar-refractivity contribution in [1.82, 2.24) is 9.80 Å². The molecule has 0 radical (unpaired) electrons. The number of aromatic hydroxyl groups is 1. The summed E-state index contributed by atoms with van der Waals surface area (Å²) in [5.41, 5.74) is 1.15. The average molecular weight is 336 g/mol. The molecule has 1 aliphatic rings. The molecule has 2 rings (SSSR count). The fourth-order valence-electron chi connectivity index (χ4n) is 3.42. The van der Waals surface area contributed by atoms with E-state index in [0.717, 1.165) is 44.7 Å². The van der Waals surface area contributed by atoms with Crippen LogP contribution >= 0.6 is 0 Å². The molecule has 1 fully saturated rings. The van der Waals surface area contributed by atoms with E-state index in [-0.39, 0.29) is 12.4 Å². The van der Waals surface area contributed by atoms with Crippen molar-refractivity contribution >= 4 is 0 Å². The van der Waals surface area contributed by atoms with E-state index in [1.54, 1.807) is 6.07 Å². The van der Waals surface area contributed by atoms with Gasteiger partial charge >= 0.3 is 0 Å². The van der Waals surface area contributed by atoms with Crippen LogP contribution in [0.3, 0.4) is 0 Å². The maximum atomic E-state index is 9.83. The molecular formula is C19H32N2O3. The number of benzene rings is 1. The minimum absolute atomic E-state index is 0.195. The van der Waals surface area contributed by atoms with Gasteiger partial charge in [0.2, 0.25) is 0 Å². The normalized spacial score (nSPS) is 19.8. The number of hydrogen-bond donors (Lipinski definition) is 2. The molecule has 1 aromatic rings. The molecule has 0 aromatic heterocycles. The number of aliphatic hydroxyl groups is 1. The zero-order valence-electron chi connectivity index (χ0n) is 15.2. The van der Waals surface area contributed by atoms with Crippen molar-refractivity contribution < 1.29 is 14.9 Å². The van der Waals surface area contributed by atoms with E-state index in [2.05, 4.69) is 23.6 Å². The molecule has 24 heavy (non-hydrogen) atoms. The third-order valence-corrected chi connectivity index (χ3v) is 4.48. The van der Waals surface area contributed by atoms with Crippen molar-refractivity contribution in [2.45, 2.75) is 39.8 Å². The number of hydrogen-bond acceptors (Lipinski definition) is 5. The van der Waals surface area contributed by atoms with Crippen LogP contribution in [0.15, 0.2) is 18.2 Å². The summed E-state index contributed by atoms with van der Waals surface area (Å²) in [7, 11) is 0. The van der Waals surface area contributed by atoms with Crippen LogP contribution in [0, 0.1) is 5.92 Å². The third-order valence-electron chi connectivity index (χ3n) is 4.48. The van der Waals surface area contributed by atoms with Crippen LogP contribution in [0.4, 0.5) is 0 Å². The van der Waals surface area contributed by atoms with E-state index < -0.39 is 0 Å². The highest BCUT2D eigenvalue weighted by Crippen LogP contribution is 2.28. The summed E-state index contributed by atoms with van der Waals surface area (Å²) in [6, 6.07) is 6.01. The van der Waals surface area contributed by atoms with Crippen molar-refractivity contribution in [3.05, 3.63) is 23.8 Å². The maximum absolute atomic E-state index is 9.83. The van der Waals surface area contributed by atoms with Gasteiger partial charge in [-0.25, -0.2) is 0 Å². The summed E-state index contributed by atoms with van der Waals surface area (Å²) in [6.45, 7) is 12.2. The van der Waals surface area contributed by atoms with Gasteiger partial charge in [-0.3, -0.25) is 9.80 Å². The summed E-state index contributed by atoms with van der Waals surface area (Å²) in [4.78, 5) is 4.94. The molecule has 1 aromatic carbocycles. The lowest BCUT2D eigenvalue weighted by atomic mass is 10.1. The van der Waals surface area contributed by atoms with Crippen LogP contribution in [0.25, 0.3) is 0 Å². The first-order valence-electron chi connectivity index (χ1n) is 9.05. The number of ether oxygens (including phenoxy) is 1. The first-order valence-corrected chi connectivity index (χ1v) is 9.05. The number of piperazine rings is 1. The predicted molar refractivity (Wildman–Crippen MR) is 96.5 cm³/mol. The van der Waals surface area contributed by atoms with E-state index in [1.165, 1.54) is 0 Å². The highest BCUT2D eigenvalue weighted by molar-refractivity contribution is 5.41. The molecule has 1 saturated heterocycles.